The number of hydrogen-bond acceptors (Lipinski definition) is 5. The molecule has 33 heavy (non-hydrogen) atoms. The largest absolute Gasteiger partial charge is 0.466 e. The molecule has 2 rings (SSSR count). The minimum atomic E-state index is -0.601. The van der Waals surface area contributed by atoms with Gasteiger partial charge in [0.1, 0.15) is 6.04 Å². The lowest BCUT2D eigenvalue weighted by Gasteiger charge is -2.34. The lowest BCUT2D eigenvalue weighted by atomic mass is 9.68. The van der Waals surface area contributed by atoms with E-state index in [1.807, 2.05) is 19.1 Å². The molecule has 0 saturated carbocycles. The van der Waals surface area contributed by atoms with Crippen molar-refractivity contribution >= 4 is 17.8 Å². The molecule has 7 nitrogen and oxygen atoms in total. The van der Waals surface area contributed by atoms with Crippen LogP contribution in [0.1, 0.15) is 79.1 Å². The Morgan fingerprint density at radius 1 is 1.12 bits per heavy atom. The Morgan fingerprint density at radius 3 is 2.48 bits per heavy atom. The molecule has 1 saturated heterocycles. The maximum atomic E-state index is 13.7. The zero-order valence-electron chi connectivity index (χ0n) is 20.9. The van der Waals surface area contributed by atoms with Crippen LogP contribution in [0.3, 0.4) is 0 Å². The van der Waals surface area contributed by atoms with E-state index in [9.17, 15) is 14.4 Å². The molecule has 1 aliphatic carbocycles. The van der Waals surface area contributed by atoms with E-state index in [1.54, 1.807) is 11.8 Å². The summed E-state index contributed by atoms with van der Waals surface area (Å²) in [5.41, 5.74) is 0. The van der Waals surface area contributed by atoms with Gasteiger partial charge in [0, 0.05) is 25.1 Å². The number of carbonyl (C=O) groups excluding carboxylic acids is 3. The number of esters is 1. The highest BCUT2D eigenvalue weighted by Crippen LogP contribution is 2.45. The van der Waals surface area contributed by atoms with E-state index in [1.165, 1.54) is 0 Å². The van der Waals surface area contributed by atoms with E-state index >= 15 is 0 Å². The summed E-state index contributed by atoms with van der Waals surface area (Å²) in [5.74, 6) is -2.04. The van der Waals surface area contributed by atoms with E-state index < -0.39 is 17.9 Å². The summed E-state index contributed by atoms with van der Waals surface area (Å²) in [5, 5.41) is 12.1. The number of fused-ring (bicyclic) bond motifs is 1. The van der Waals surface area contributed by atoms with Crippen LogP contribution in [0.5, 0.6) is 0 Å². The standard InChI is InChI=1S/C26H44N2O5/c1-5-12-18(4)27-24(30)23-20-15-14-19(13-6-2)21(26(32)33-7-3)22(20)25(31)28(23)16-10-8-9-11-17-29/h14-15,18-23,29H,5-13,16-17H2,1-4H3,(H,27,30)/t18?,19-,20+,21-,22-,23+/m1/s1. The molecule has 0 radical (unpaired) electrons. The molecule has 2 aliphatic rings. The molecule has 1 heterocycles. The number of aliphatic hydroxyl groups excluding tert-OH is 1. The molecule has 0 aromatic rings. The molecule has 1 fully saturated rings. The zero-order valence-corrected chi connectivity index (χ0v) is 20.9. The van der Waals surface area contributed by atoms with Crippen molar-refractivity contribution in [1.29, 1.82) is 0 Å². The van der Waals surface area contributed by atoms with Crippen molar-refractivity contribution in [1.82, 2.24) is 10.2 Å². The number of rotatable bonds is 14. The molecule has 1 unspecified atom stereocenters. The third-order valence-corrected chi connectivity index (χ3v) is 6.98. The van der Waals surface area contributed by atoms with Gasteiger partial charge in [-0.05, 0) is 45.4 Å². The van der Waals surface area contributed by atoms with E-state index in [2.05, 4.69) is 19.2 Å². The first kappa shape index (κ1) is 27.4. The maximum Gasteiger partial charge on any atom is 0.310 e. The van der Waals surface area contributed by atoms with Gasteiger partial charge in [-0.15, -0.1) is 0 Å². The minimum absolute atomic E-state index is 0.0318. The van der Waals surface area contributed by atoms with Gasteiger partial charge < -0.3 is 20.1 Å². The molecular formula is C26H44N2O5. The van der Waals surface area contributed by atoms with Crippen molar-refractivity contribution in [2.75, 3.05) is 19.8 Å². The fraction of sp³-hybridized carbons (Fsp3) is 0.808. The normalized spacial score (nSPS) is 27.4. The molecular weight excluding hydrogens is 420 g/mol. The van der Waals surface area contributed by atoms with Crippen molar-refractivity contribution in [3.63, 3.8) is 0 Å². The molecule has 0 aromatic carbocycles. The molecule has 2 N–H and O–H groups in total. The monoisotopic (exact) mass is 464 g/mol. The number of hydrogen-bond donors (Lipinski definition) is 2. The number of unbranched alkanes of at least 4 members (excludes halogenated alkanes) is 3. The topological polar surface area (TPSA) is 95.9 Å². The molecule has 6 atom stereocenters. The summed E-state index contributed by atoms with van der Waals surface area (Å²) in [6.07, 6.45) is 10.9. The highest BCUT2D eigenvalue weighted by Gasteiger charge is 2.57. The Labute approximate surface area is 199 Å². The Balaban J connectivity index is 2.33. The summed E-state index contributed by atoms with van der Waals surface area (Å²) >= 11 is 0. The van der Waals surface area contributed by atoms with E-state index in [0.29, 0.717) is 6.54 Å². The number of carbonyl (C=O) groups is 3. The Kier molecular flexibility index (Phi) is 11.4. The van der Waals surface area contributed by atoms with Crippen LogP contribution >= 0.6 is 0 Å². The Hall–Kier alpha value is -1.89. The summed E-state index contributed by atoms with van der Waals surface area (Å²) < 4.78 is 5.40. The van der Waals surface area contributed by atoms with Gasteiger partial charge >= 0.3 is 5.97 Å². The Bertz CT molecular complexity index is 680. The highest BCUT2D eigenvalue weighted by atomic mass is 16.5. The third kappa shape index (κ3) is 6.81. The number of nitrogens with zero attached hydrogens (tertiary/aromatic N) is 1. The van der Waals surface area contributed by atoms with Crippen LogP contribution in [0, 0.1) is 23.7 Å². The highest BCUT2D eigenvalue weighted by molar-refractivity contribution is 5.96. The second-order valence-electron chi connectivity index (χ2n) is 9.53. The number of allylic oxidation sites excluding steroid dienone is 1. The van der Waals surface area contributed by atoms with Crippen LogP contribution in [0.25, 0.3) is 0 Å². The summed E-state index contributed by atoms with van der Waals surface area (Å²) in [6, 6.07) is -0.570. The van der Waals surface area contributed by atoms with Crippen LogP contribution in [-0.2, 0) is 19.1 Å². The van der Waals surface area contributed by atoms with Crippen LogP contribution < -0.4 is 5.32 Å². The van der Waals surface area contributed by atoms with E-state index in [0.717, 1.165) is 51.4 Å². The molecule has 0 aromatic heterocycles. The Morgan fingerprint density at radius 2 is 1.85 bits per heavy atom. The zero-order chi connectivity index (χ0) is 24.4. The van der Waals surface area contributed by atoms with Gasteiger partial charge in [0.05, 0.1) is 18.4 Å². The molecule has 0 bridgehead atoms. The summed E-state index contributed by atoms with van der Waals surface area (Å²) in [4.78, 5) is 41.8. The van der Waals surface area contributed by atoms with Gasteiger partial charge in [-0.3, -0.25) is 14.4 Å². The minimum Gasteiger partial charge on any atom is -0.466 e. The van der Waals surface area contributed by atoms with Crippen molar-refractivity contribution < 1.29 is 24.2 Å². The quantitative estimate of drug-likeness (QED) is 0.233. The average Bonchev–Trinajstić information content (AvgIpc) is 3.06. The van der Waals surface area contributed by atoms with Crippen LogP contribution in [0.4, 0.5) is 0 Å². The second-order valence-corrected chi connectivity index (χ2v) is 9.53. The lowest BCUT2D eigenvalue weighted by molar-refractivity contribution is -0.155. The van der Waals surface area contributed by atoms with E-state index in [-0.39, 0.29) is 48.9 Å². The number of nitrogens with one attached hydrogen (secondary N) is 1. The molecule has 2 amide bonds. The van der Waals surface area contributed by atoms with Crippen LogP contribution in [0.15, 0.2) is 12.2 Å². The summed E-state index contributed by atoms with van der Waals surface area (Å²) in [6.45, 7) is 8.85. The van der Waals surface area contributed by atoms with Gasteiger partial charge in [0.25, 0.3) is 0 Å². The van der Waals surface area contributed by atoms with Gasteiger partial charge in [-0.2, -0.15) is 0 Å². The van der Waals surface area contributed by atoms with Crippen molar-refractivity contribution in [2.45, 2.75) is 91.1 Å². The first-order valence-corrected chi connectivity index (χ1v) is 13.0. The smallest absolute Gasteiger partial charge is 0.310 e. The number of ether oxygens (including phenoxy) is 1. The summed E-state index contributed by atoms with van der Waals surface area (Å²) in [7, 11) is 0. The molecule has 188 valence electrons. The average molecular weight is 465 g/mol. The van der Waals surface area contributed by atoms with Crippen molar-refractivity contribution in [3.8, 4) is 0 Å². The number of likely N-dealkylation sites (tertiary alicyclic amines) is 1. The first-order chi connectivity index (χ1) is 15.9. The molecule has 7 heteroatoms. The SMILES string of the molecule is CCCC(C)NC(=O)[C@@H]1[C@H]2C=C[C@@H](CCC)[C@@H](C(=O)OCC)[C@@H]2C(=O)N1CCCCCCO. The predicted molar refractivity (Wildman–Crippen MR) is 128 cm³/mol. The maximum absolute atomic E-state index is 13.7. The first-order valence-electron chi connectivity index (χ1n) is 13.0. The number of amides is 2. The van der Waals surface area contributed by atoms with Gasteiger partial charge in [0.2, 0.25) is 11.8 Å². The van der Waals surface area contributed by atoms with Gasteiger partial charge in [0.15, 0.2) is 0 Å². The lowest BCUT2D eigenvalue weighted by Crippen LogP contribution is -2.49. The van der Waals surface area contributed by atoms with Crippen molar-refractivity contribution in [2.24, 2.45) is 23.7 Å². The van der Waals surface area contributed by atoms with E-state index in [4.69, 9.17) is 9.84 Å². The predicted octanol–water partition coefficient (Wildman–Crippen LogP) is 3.45. The van der Waals surface area contributed by atoms with Crippen molar-refractivity contribution in [3.05, 3.63) is 12.2 Å². The fourth-order valence-corrected chi connectivity index (χ4v) is 5.49. The van der Waals surface area contributed by atoms with Gasteiger partial charge in [-0.25, -0.2) is 0 Å². The molecule has 1 aliphatic heterocycles. The number of aliphatic hydroxyl groups is 1. The third-order valence-electron chi connectivity index (χ3n) is 6.98. The fourth-order valence-electron chi connectivity index (χ4n) is 5.49. The van der Waals surface area contributed by atoms with Crippen LogP contribution in [0.2, 0.25) is 0 Å². The second kappa shape index (κ2) is 13.7. The molecule has 0 spiro atoms. The van der Waals surface area contributed by atoms with Gasteiger partial charge in [-0.1, -0.05) is 51.7 Å². The van der Waals surface area contributed by atoms with Crippen LogP contribution in [-0.4, -0.2) is 59.6 Å².